The van der Waals surface area contributed by atoms with Crippen molar-refractivity contribution >= 4 is 22.4 Å². The van der Waals surface area contributed by atoms with E-state index in [4.69, 9.17) is 4.74 Å². The zero-order chi connectivity index (χ0) is 20.1. The number of nitrogens with zero attached hydrogens (tertiary/aromatic N) is 4. The third-order valence-electron chi connectivity index (χ3n) is 5.08. The molecule has 1 fully saturated rings. The van der Waals surface area contributed by atoms with Crippen LogP contribution in [0.2, 0.25) is 0 Å². The van der Waals surface area contributed by atoms with Crippen molar-refractivity contribution in [3.63, 3.8) is 0 Å². The molecular weight excluding hydrogens is 386 g/mol. The van der Waals surface area contributed by atoms with Gasteiger partial charge < -0.3 is 15.0 Å². The molecule has 0 aliphatic carbocycles. The van der Waals surface area contributed by atoms with E-state index in [0.29, 0.717) is 17.4 Å². The van der Waals surface area contributed by atoms with Gasteiger partial charge in [0.05, 0.1) is 7.11 Å². The summed E-state index contributed by atoms with van der Waals surface area (Å²) in [6.07, 6.45) is 6.79. The van der Waals surface area contributed by atoms with Crippen molar-refractivity contribution in [1.29, 1.82) is 0 Å². The topological polar surface area (TPSA) is 72.3 Å². The number of methoxy groups -OCH3 is 1. The van der Waals surface area contributed by atoms with Gasteiger partial charge in [0.15, 0.2) is 0 Å². The van der Waals surface area contributed by atoms with Crippen molar-refractivity contribution in [2.24, 2.45) is 0 Å². The quantitative estimate of drug-likeness (QED) is 0.670. The molecular formula is C21H25N5O2S. The summed E-state index contributed by atoms with van der Waals surface area (Å²) in [5.41, 5.74) is 1.56. The normalized spacial score (nSPS) is 14.4. The molecule has 1 saturated heterocycles. The van der Waals surface area contributed by atoms with Crippen molar-refractivity contribution < 1.29 is 9.53 Å². The minimum absolute atomic E-state index is 0.141. The van der Waals surface area contributed by atoms with Gasteiger partial charge >= 0.3 is 0 Å². The standard InChI is InChI=1S/C21H25N5O2S/c1-28-17-10-8-16(9-11-17)15-22-19(27)18-7-6-14-26(18)21-24-23-20(29-21)25-12-4-2-3-5-13-25/h6-11,14H,2-5,12-13,15H2,1H3,(H,22,27). The van der Waals surface area contributed by atoms with Crippen molar-refractivity contribution in [1.82, 2.24) is 20.1 Å². The molecule has 0 atom stereocenters. The van der Waals surface area contributed by atoms with E-state index in [1.807, 2.05) is 41.1 Å². The Morgan fingerprint density at radius 2 is 1.79 bits per heavy atom. The minimum atomic E-state index is -0.141. The first-order chi connectivity index (χ1) is 14.2. The van der Waals surface area contributed by atoms with Crippen LogP contribution in [0.3, 0.4) is 0 Å². The van der Waals surface area contributed by atoms with Gasteiger partial charge in [-0.25, -0.2) is 0 Å². The fraction of sp³-hybridized carbons (Fsp3) is 0.381. The predicted molar refractivity (Wildman–Crippen MR) is 114 cm³/mol. The highest BCUT2D eigenvalue weighted by Gasteiger charge is 2.18. The lowest BCUT2D eigenvalue weighted by Gasteiger charge is -2.17. The Morgan fingerprint density at radius 1 is 1.07 bits per heavy atom. The highest BCUT2D eigenvalue weighted by Crippen LogP contribution is 2.26. The smallest absolute Gasteiger partial charge is 0.268 e. The number of anilines is 1. The van der Waals surface area contributed by atoms with Crippen LogP contribution in [-0.4, -0.2) is 40.9 Å². The van der Waals surface area contributed by atoms with Crippen LogP contribution in [-0.2, 0) is 6.54 Å². The highest BCUT2D eigenvalue weighted by atomic mass is 32.1. The van der Waals surface area contributed by atoms with Gasteiger partial charge in [-0.1, -0.05) is 36.3 Å². The second kappa shape index (κ2) is 9.09. The van der Waals surface area contributed by atoms with Crippen LogP contribution >= 0.6 is 11.3 Å². The molecule has 1 aromatic carbocycles. The van der Waals surface area contributed by atoms with Crippen molar-refractivity contribution in [2.45, 2.75) is 32.2 Å². The second-order valence-corrected chi connectivity index (χ2v) is 8.00. The van der Waals surface area contributed by atoms with Crippen molar-refractivity contribution in [3.05, 3.63) is 53.9 Å². The van der Waals surface area contributed by atoms with Gasteiger partial charge in [-0.2, -0.15) is 0 Å². The van der Waals surface area contributed by atoms with E-state index in [-0.39, 0.29) is 5.91 Å². The first kappa shape index (κ1) is 19.4. The summed E-state index contributed by atoms with van der Waals surface area (Å²) in [4.78, 5) is 15.0. The molecule has 1 amide bonds. The molecule has 0 spiro atoms. The van der Waals surface area contributed by atoms with Crippen molar-refractivity contribution in [2.75, 3.05) is 25.1 Å². The third-order valence-corrected chi connectivity index (χ3v) is 6.06. The summed E-state index contributed by atoms with van der Waals surface area (Å²) in [6, 6.07) is 11.3. The number of ether oxygens (including phenoxy) is 1. The molecule has 0 unspecified atom stereocenters. The van der Waals surface area contributed by atoms with Gasteiger partial charge in [0.25, 0.3) is 5.91 Å². The Labute approximate surface area is 174 Å². The highest BCUT2D eigenvalue weighted by molar-refractivity contribution is 7.17. The summed E-state index contributed by atoms with van der Waals surface area (Å²) in [5, 5.41) is 13.3. The number of carbonyl (C=O) groups excluding carboxylic acids is 1. The van der Waals surface area contributed by atoms with Crippen LogP contribution in [0.5, 0.6) is 5.75 Å². The monoisotopic (exact) mass is 411 g/mol. The van der Waals surface area contributed by atoms with Gasteiger partial charge in [0.2, 0.25) is 10.3 Å². The molecule has 3 aromatic rings. The molecule has 1 aliphatic rings. The maximum Gasteiger partial charge on any atom is 0.268 e. The SMILES string of the molecule is COc1ccc(CNC(=O)c2cccn2-c2nnc(N3CCCCCC3)s2)cc1. The lowest BCUT2D eigenvalue weighted by atomic mass is 10.2. The van der Waals surface area contributed by atoms with Gasteiger partial charge in [-0.15, -0.1) is 10.2 Å². The minimum Gasteiger partial charge on any atom is -0.497 e. The molecule has 0 bridgehead atoms. The summed E-state index contributed by atoms with van der Waals surface area (Å²) in [5.74, 6) is 0.655. The number of carbonyl (C=O) groups is 1. The van der Waals surface area contributed by atoms with Crippen LogP contribution in [0.4, 0.5) is 5.13 Å². The van der Waals surface area contributed by atoms with Crippen LogP contribution in [0.25, 0.3) is 5.13 Å². The summed E-state index contributed by atoms with van der Waals surface area (Å²) >= 11 is 1.53. The predicted octanol–water partition coefficient (Wildman–Crippen LogP) is 3.65. The largest absolute Gasteiger partial charge is 0.497 e. The molecule has 1 N–H and O–H groups in total. The zero-order valence-electron chi connectivity index (χ0n) is 16.5. The van der Waals surface area contributed by atoms with E-state index in [1.54, 1.807) is 13.2 Å². The number of benzene rings is 1. The lowest BCUT2D eigenvalue weighted by Crippen LogP contribution is -2.25. The number of nitrogens with one attached hydrogen (secondary N) is 1. The molecule has 1 aliphatic heterocycles. The Balaban J connectivity index is 1.44. The molecule has 8 heteroatoms. The van der Waals surface area contributed by atoms with Crippen LogP contribution in [0.1, 0.15) is 41.7 Å². The van der Waals surface area contributed by atoms with E-state index >= 15 is 0 Å². The molecule has 29 heavy (non-hydrogen) atoms. The van der Waals surface area contributed by atoms with Gasteiger partial charge in [-0.3, -0.25) is 9.36 Å². The summed E-state index contributed by atoms with van der Waals surface area (Å²) in [7, 11) is 1.64. The summed E-state index contributed by atoms with van der Waals surface area (Å²) in [6.45, 7) is 2.49. The average Bonchev–Trinajstić information content (AvgIpc) is 3.36. The number of rotatable bonds is 6. The first-order valence-corrected chi connectivity index (χ1v) is 10.7. The van der Waals surface area contributed by atoms with Gasteiger partial charge in [0, 0.05) is 25.8 Å². The molecule has 0 radical (unpaired) electrons. The molecule has 152 valence electrons. The van der Waals surface area contributed by atoms with Gasteiger partial charge in [-0.05, 0) is 42.7 Å². The number of aromatic nitrogens is 3. The molecule has 7 nitrogen and oxygen atoms in total. The lowest BCUT2D eigenvalue weighted by molar-refractivity contribution is 0.0944. The van der Waals surface area contributed by atoms with E-state index < -0.39 is 0 Å². The van der Waals surface area contributed by atoms with E-state index in [1.165, 1.54) is 37.0 Å². The summed E-state index contributed by atoms with van der Waals surface area (Å²) < 4.78 is 6.97. The second-order valence-electron chi connectivity index (χ2n) is 7.06. The third kappa shape index (κ3) is 4.59. The fourth-order valence-electron chi connectivity index (χ4n) is 3.44. The molecule has 2 aromatic heterocycles. The molecule has 4 rings (SSSR count). The maximum absolute atomic E-state index is 12.7. The van der Waals surface area contributed by atoms with Crippen molar-refractivity contribution in [3.8, 4) is 10.9 Å². The van der Waals surface area contributed by atoms with Crippen LogP contribution in [0, 0.1) is 0 Å². The Bertz CT molecular complexity index is 942. The van der Waals surface area contributed by atoms with E-state index in [0.717, 1.165) is 29.5 Å². The maximum atomic E-state index is 12.7. The Kier molecular flexibility index (Phi) is 6.09. The Hall–Kier alpha value is -2.87. The fourth-order valence-corrected chi connectivity index (χ4v) is 4.34. The van der Waals surface area contributed by atoms with E-state index in [2.05, 4.69) is 20.4 Å². The average molecular weight is 412 g/mol. The molecule has 3 heterocycles. The molecule has 0 saturated carbocycles. The first-order valence-electron chi connectivity index (χ1n) is 9.92. The van der Waals surface area contributed by atoms with Crippen LogP contribution in [0.15, 0.2) is 42.6 Å². The Morgan fingerprint density at radius 3 is 2.52 bits per heavy atom. The van der Waals surface area contributed by atoms with E-state index in [9.17, 15) is 4.79 Å². The van der Waals surface area contributed by atoms with Crippen LogP contribution < -0.4 is 15.0 Å². The number of amides is 1. The number of hydrogen-bond acceptors (Lipinski definition) is 6. The number of hydrogen-bond donors (Lipinski definition) is 1. The zero-order valence-corrected chi connectivity index (χ0v) is 17.3. The van der Waals surface area contributed by atoms with Gasteiger partial charge in [0.1, 0.15) is 11.4 Å².